The van der Waals surface area contributed by atoms with Gasteiger partial charge < -0.3 is 10.4 Å². The van der Waals surface area contributed by atoms with Crippen LogP contribution in [0.4, 0.5) is 8.78 Å². The molecule has 1 aromatic carbocycles. The van der Waals surface area contributed by atoms with Gasteiger partial charge in [0.25, 0.3) is 0 Å². The molecule has 0 saturated heterocycles. The summed E-state index contributed by atoms with van der Waals surface area (Å²) >= 11 is 0. The van der Waals surface area contributed by atoms with Crippen molar-refractivity contribution in [3.8, 4) is 0 Å². The Morgan fingerprint density at radius 1 is 1.33 bits per heavy atom. The highest BCUT2D eigenvalue weighted by Gasteiger charge is 2.25. The topological polar surface area (TPSA) is 32.3 Å². The standard InChI is InChI=1S/C14H19F2NO/c1-9-4-2-7-12(9)17-8-13(18)14-10(15)5-3-6-11(14)16/h3,5-6,9,12-13,17-18H,2,4,7-8H2,1H3. The van der Waals surface area contributed by atoms with Crippen LogP contribution in [-0.2, 0) is 0 Å². The molecule has 3 atom stereocenters. The maximum Gasteiger partial charge on any atom is 0.131 e. The molecule has 100 valence electrons. The average molecular weight is 255 g/mol. The van der Waals surface area contributed by atoms with Crippen molar-refractivity contribution in [1.29, 1.82) is 0 Å². The Labute approximate surface area is 106 Å². The molecular weight excluding hydrogens is 236 g/mol. The number of rotatable bonds is 4. The zero-order valence-electron chi connectivity index (χ0n) is 10.5. The van der Waals surface area contributed by atoms with Crippen LogP contribution < -0.4 is 5.32 Å². The summed E-state index contributed by atoms with van der Waals surface area (Å²) in [6.45, 7) is 2.34. The molecule has 0 amide bonds. The van der Waals surface area contributed by atoms with E-state index in [1.165, 1.54) is 31.0 Å². The summed E-state index contributed by atoms with van der Waals surface area (Å²) in [4.78, 5) is 0. The van der Waals surface area contributed by atoms with Gasteiger partial charge in [-0.25, -0.2) is 8.78 Å². The minimum atomic E-state index is -1.14. The molecule has 0 heterocycles. The van der Waals surface area contributed by atoms with E-state index >= 15 is 0 Å². The second-order valence-corrected chi connectivity index (χ2v) is 5.07. The molecular formula is C14H19F2NO. The lowest BCUT2D eigenvalue weighted by Crippen LogP contribution is -2.34. The quantitative estimate of drug-likeness (QED) is 0.867. The van der Waals surface area contributed by atoms with Crippen LogP contribution in [0, 0.1) is 17.6 Å². The molecule has 3 unspecified atom stereocenters. The first-order valence-electron chi connectivity index (χ1n) is 6.45. The first-order valence-corrected chi connectivity index (χ1v) is 6.45. The van der Waals surface area contributed by atoms with E-state index in [0.29, 0.717) is 12.0 Å². The predicted molar refractivity (Wildman–Crippen MR) is 66.1 cm³/mol. The maximum absolute atomic E-state index is 13.5. The number of halogens is 2. The molecule has 0 aromatic heterocycles. The number of benzene rings is 1. The van der Waals surface area contributed by atoms with Gasteiger partial charge in [-0.1, -0.05) is 19.4 Å². The molecule has 1 aliphatic carbocycles. The van der Waals surface area contributed by atoms with Crippen LogP contribution in [-0.4, -0.2) is 17.7 Å². The summed E-state index contributed by atoms with van der Waals surface area (Å²) in [5.41, 5.74) is -0.240. The number of hydrogen-bond donors (Lipinski definition) is 2. The Kier molecular flexibility index (Phi) is 4.30. The van der Waals surface area contributed by atoms with Crippen molar-refractivity contribution in [2.24, 2.45) is 5.92 Å². The lowest BCUT2D eigenvalue weighted by atomic mass is 10.0. The SMILES string of the molecule is CC1CCCC1NCC(O)c1c(F)cccc1F. The van der Waals surface area contributed by atoms with Crippen LogP contribution in [0.5, 0.6) is 0 Å². The number of hydrogen-bond acceptors (Lipinski definition) is 2. The van der Waals surface area contributed by atoms with Crippen LogP contribution in [0.1, 0.15) is 37.9 Å². The summed E-state index contributed by atoms with van der Waals surface area (Å²) in [6.07, 6.45) is 2.26. The Hall–Kier alpha value is -1.00. The van der Waals surface area contributed by atoms with Gasteiger partial charge in [0.1, 0.15) is 11.6 Å². The van der Waals surface area contributed by atoms with Crippen LogP contribution in [0.15, 0.2) is 18.2 Å². The Balaban J connectivity index is 1.97. The first-order chi connectivity index (χ1) is 8.59. The highest BCUT2D eigenvalue weighted by atomic mass is 19.1. The van der Waals surface area contributed by atoms with E-state index in [1.54, 1.807) is 0 Å². The lowest BCUT2D eigenvalue weighted by molar-refractivity contribution is 0.158. The minimum absolute atomic E-state index is 0.187. The van der Waals surface area contributed by atoms with Gasteiger partial charge >= 0.3 is 0 Å². The largest absolute Gasteiger partial charge is 0.387 e. The summed E-state index contributed by atoms with van der Waals surface area (Å²) in [5.74, 6) is -0.824. The van der Waals surface area contributed by atoms with Crippen LogP contribution in [0.25, 0.3) is 0 Å². The average Bonchev–Trinajstić information content (AvgIpc) is 2.72. The Morgan fingerprint density at radius 3 is 2.56 bits per heavy atom. The van der Waals surface area contributed by atoms with Crippen molar-refractivity contribution in [3.05, 3.63) is 35.4 Å². The van der Waals surface area contributed by atoms with E-state index in [-0.39, 0.29) is 12.1 Å². The van der Waals surface area contributed by atoms with E-state index in [2.05, 4.69) is 12.2 Å². The minimum Gasteiger partial charge on any atom is -0.387 e. The van der Waals surface area contributed by atoms with Crippen LogP contribution >= 0.6 is 0 Å². The zero-order valence-corrected chi connectivity index (χ0v) is 10.5. The third-order valence-corrected chi connectivity index (χ3v) is 3.77. The summed E-state index contributed by atoms with van der Waals surface area (Å²) < 4.78 is 26.9. The summed E-state index contributed by atoms with van der Waals surface area (Å²) in [6, 6.07) is 3.97. The van der Waals surface area contributed by atoms with Gasteiger partial charge in [0.15, 0.2) is 0 Å². The fourth-order valence-corrected chi connectivity index (χ4v) is 2.64. The van der Waals surface area contributed by atoms with Gasteiger partial charge in [0.2, 0.25) is 0 Å². The predicted octanol–water partition coefficient (Wildman–Crippen LogP) is 2.78. The van der Waals surface area contributed by atoms with E-state index in [4.69, 9.17) is 0 Å². The molecule has 1 aliphatic rings. The molecule has 0 bridgehead atoms. The molecule has 1 saturated carbocycles. The molecule has 4 heteroatoms. The molecule has 2 N–H and O–H groups in total. The number of aliphatic hydroxyl groups excluding tert-OH is 1. The van der Waals surface area contributed by atoms with E-state index in [0.717, 1.165) is 6.42 Å². The van der Waals surface area contributed by atoms with Crippen LogP contribution in [0.2, 0.25) is 0 Å². The van der Waals surface area contributed by atoms with E-state index in [9.17, 15) is 13.9 Å². The normalized spacial score (nSPS) is 25.3. The molecule has 0 radical (unpaired) electrons. The summed E-state index contributed by atoms with van der Waals surface area (Å²) in [7, 11) is 0. The number of aliphatic hydroxyl groups is 1. The van der Waals surface area contributed by atoms with Gasteiger partial charge in [-0.15, -0.1) is 0 Å². The molecule has 1 fully saturated rings. The molecule has 0 aliphatic heterocycles. The van der Waals surface area contributed by atoms with Gasteiger partial charge in [0, 0.05) is 12.6 Å². The van der Waals surface area contributed by atoms with Gasteiger partial charge in [-0.2, -0.15) is 0 Å². The molecule has 1 aromatic rings. The van der Waals surface area contributed by atoms with Gasteiger partial charge in [0.05, 0.1) is 11.7 Å². The summed E-state index contributed by atoms with van der Waals surface area (Å²) in [5, 5.41) is 13.1. The van der Waals surface area contributed by atoms with Crippen molar-refractivity contribution < 1.29 is 13.9 Å². The molecule has 2 rings (SSSR count). The highest BCUT2D eigenvalue weighted by Crippen LogP contribution is 2.26. The second-order valence-electron chi connectivity index (χ2n) is 5.07. The fraction of sp³-hybridized carbons (Fsp3) is 0.571. The van der Waals surface area contributed by atoms with Crippen molar-refractivity contribution in [2.75, 3.05) is 6.54 Å². The lowest BCUT2D eigenvalue weighted by Gasteiger charge is -2.20. The van der Waals surface area contributed by atoms with Crippen molar-refractivity contribution in [3.63, 3.8) is 0 Å². The smallest absolute Gasteiger partial charge is 0.131 e. The fourth-order valence-electron chi connectivity index (χ4n) is 2.64. The van der Waals surface area contributed by atoms with E-state index < -0.39 is 17.7 Å². The Morgan fingerprint density at radius 2 is 2.00 bits per heavy atom. The van der Waals surface area contributed by atoms with Gasteiger partial charge in [-0.05, 0) is 30.9 Å². The van der Waals surface area contributed by atoms with E-state index in [1.807, 2.05) is 0 Å². The third-order valence-electron chi connectivity index (χ3n) is 3.77. The molecule has 0 spiro atoms. The highest BCUT2D eigenvalue weighted by molar-refractivity contribution is 5.22. The van der Waals surface area contributed by atoms with Crippen molar-refractivity contribution in [1.82, 2.24) is 5.32 Å². The first kappa shape index (κ1) is 13.4. The van der Waals surface area contributed by atoms with Crippen LogP contribution in [0.3, 0.4) is 0 Å². The van der Waals surface area contributed by atoms with Crippen molar-refractivity contribution >= 4 is 0 Å². The molecule has 18 heavy (non-hydrogen) atoms. The monoisotopic (exact) mass is 255 g/mol. The van der Waals surface area contributed by atoms with Gasteiger partial charge in [-0.3, -0.25) is 0 Å². The number of nitrogens with one attached hydrogen (secondary N) is 1. The zero-order chi connectivity index (χ0) is 13.1. The Bertz CT molecular complexity index is 391. The van der Waals surface area contributed by atoms with Crippen molar-refractivity contribution in [2.45, 2.75) is 38.3 Å². The second kappa shape index (κ2) is 5.76. The third kappa shape index (κ3) is 2.87. The molecule has 2 nitrogen and oxygen atoms in total. The maximum atomic E-state index is 13.5.